The largest absolute Gasteiger partial charge is 0.454 e. The lowest BCUT2D eigenvalue weighted by molar-refractivity contribution is -0.326. The molecular weight excluding hydrogens is 432 g/mol. The third kappa shape index (κ3) is 6.18. The van der Waals surface area contributed by atoms with Gasteiger partial charge in [-0.05, 0) is 28.3 Å². The van der Waals surface area contributed by atoms with Crippen LogP contribution >= 0.6 is 0 Å². The molecule has 34 heavy (non-hydrogen) atoms. The van der Waals surface area contributed by atoms with Gasteiger partial charge >= 0.3 is 5.97 Å². The average Bonchev–Trinajstić information content (AvgIpc) is 3.46. The minimum atomic E-state index is -0.489. The minimum Gasteiger partial charge on any atom is -0.454 e. The SMILES string of the molecule is C=Cc1ccc(/C=C\C(=O)O[C@@H]2CO[C@H]3[C@@H]2OC[C@@H]3OOC/C=C/c2ccc(C=C)cc2)cc1. The molecule has 6 heteroatoms. The van der Waals surface area contributed by atoms with Crippen LogP contribution in [-0.2, 0) is 28.8 Å². The van der Waals surface area contributed by atoms with Gasteiger partial charge < -0.3 is 14.2 Å². The Labute approximate surface area is 199 Å². The summed E-state index contributed by atoms with van der Waals surface area (Å²) in [4.78, 5) is 23.1. The summed E-state index contributed by atoms with van der Waals surface area (Å²) in [5.74, 6) is -0.447. The highest BCUT2D eigenvalue weighted by Crippen LogP contribution is 2.30. The fourth-order valence-electron chi connectivity index (χ4n) is 3.80. The van der Waals surface area contributed by atoms with Crippen LogP contribution in [0.3, 0.4) is 0 Å². The third-order valence-corrected chi connectivity index (χ3v) is 5.65. The zero-order chi connectivity index (χ0) is 23.8. The highest BCUT2D eigenvalue weighted by atomic mass is 17.2. The fourth-order valence-corrected chi connectivity index (χ4v) is 3.80. The molecule has 0 aliphatic carbocycles. The van der Waals surface area contributed by atoms with Crippen molar-refractivity contribution in [1.82, 2.24) is 0 Å². The van der Waals surface area contributed by atoms with E-state index in [4.69, 9.17) is 24.0 Å². The van der Waals surface area contributed by atoms with Gasteiger partial charge in [0, 0.05) is 6.08 Å². The van der Waals surface area contributed by atoms with Crippen molar-refractivity contribution < 1.29 is 28.8 Å². The number of carbonyl (C=O) groups is 1. The van der Waals surface area contributed by atoms with Gasteiger partial charge in [0.25, 0.3) is 0 Å². The van der Waals surface area contributed by atoms with E-state index in [9.17, 15) is 4.79 Å². The predicted molar refractivity (Wildman–Crippen MR) is 131 cm³/mol. The lowest BCUT2D eigenvalue weighted by Gasteiger charge is -2.16. The molecule has 176 valence electrons. The van der Waals surface area contributed by atoms with Gasteiger partial charge in [-0.3, -0.25) is 0 Å². The number of fused-ring (bicyclic) bond motifs is 1. The molecule has 2 aromatic carbocycles. The molecule has 2 aromatic rings. The summed E-state index contributed by atoms with van der Waals surface area (Å²) in [5, 5.41) is 0. The van der Waals surface area contributed by atoms with E-state index in [1.165, 1.54) is 6.08 Å². The molecule has 0 aromatic heterocycles. The number of benzene rings is 2. The highest BCUT2D eigenvalue weighted by molar-refractivity contribution is 5.87. The lowest BCUT2D eigenvalue weighted by atomic mass is 10.1. The fraction of sp³-hybridized carbons (Fsp3) is 0.250. The Kier molecular flexibility index (Phi) is 8.22. The Morgan fingerprint density at radius 3 is 1.97 bits per heavy atom. The molecule has 2 heterocycles. The van der Waals surface area contributed by atoms with E-state index in [0.717, 1.165) is 22.3 Å². The van der Waals surface area contributed by atoms with Gasteiger partial charge in [-0.2, -0.15) is 0 Å². The maximum absolute atomic E-state index is 12.3. The molecule has 2 aliphatic heterocycles. The van der Waals surface area contributed by atoms with Crippen LogP contribution in [0.25, 0.3) is 24.3 Å². The van der Waals surface area contributed by atoms with E-state index < -0.39 is 12.1 Å². The quantitative estimate of drug-likeness (QED) is 0.168. The molecule has 0 bridgehead atoms. The monoisotopic (exact) mass is 460 g/mol. The van der Waals surface area contributed by atoms with Crippen molar-refractivity contribution in [3.05, 3.63) is 96.1 Å². The summed E-state index contributed by atoms with van der Waals surface area (Å²) < 4.78 is 17.1. The van der Waals surface area contributed by atoms with Crippen LogP contribution in [0.4, 0.5) is 0 Å². The number of rotatable bonds is 10. The molecule has 0 amide bonds. The predicted octanol–water partition coefficient (Wildman–Crippen LogP) is 4.73. The van der Waals surface area contributed by atoms with Crippen molar-refractivity contribution in [2.75, 3.05) is 19.8 Å². The summed E-state index contributed by atoms with van der Waals surface area (Å²) in [5.41, 5.74) is 4.05. The van der Waals surface area contributed by atoms with E-state index in [-0.39, 0.29) is 31.5 Å². The highest BCUT2D eigenvalue weighted by Gasteiger charge is 2.50. The van der Waals surface area contributed by atoms with Gasteiger partial charge in [0.15, 0.2) is 6.10 Å². The molecule has 0 unspecified atom stereocenters. The summed E-state index contributed by atoms with van der Waals surface area (Å²) in [6.07, 6.45) is 8.91. The van der Waals surface area contributed by atoms with E-state index in [1.54, 1.807) is 18.2 Å². The number of hydrogen-bond acceptors (Lipinski definition) is 6. The minimum absolute atomic E-state index is 0.253. The first-order valence-corrected chi connectivity index (χ1v) is 11.2. The topological polar surface area (TPSA) is 63.2 Å². The summed E-state index contributed by atoms with van der Waals surface area (Å²) in [7, 11) is 0. The molecular formula is C28H28O6. The summed E-state index contributed by atoms with van der Waals surface area (Å²) in [6, 6.07) is 15.7. The second-order valence-electron chi connectivity index (χ2n) is 7.97. The Morgan fingerprint density at radius 1 is 0.824 bits per heavy atom. The van der Waals surface area contributed by atoms with E-state index >= 15 is 0 Å². The van der Waals surface area contributed by atoms with Gasteiger partial charge in [0.1, 0.15) is 24.9 Å². The molecule has 2 saturated heterocycles. The van der Waals surface area contributed by atoms with Gasteiger partial charge in [0.2, 0.25) is 0 Å². The molecule has 2 aliphatic rings. The normalized spacial score (nSPS) is 23.9. The van der Waals surface area contributed by atoms with Crippen LogP contribution in [0.2, 0.25) is 0 Å². The molecule has 6 nitrogen and oxygen atoms in total. The van der Waals surface area contributed by atoms with Crippen molar-refractivity contribution in [3.8, 4) is 0 Å². The van der Waals surface area contributed by atoms with Gasteiger partial charge in [0.05, 0.1) is 13.2 Å². The molecule has 0 N–H and O–H groups in total. The Morgan fingerprint density at radius 2 is 1.35 bits per heavy atom. The van der Waals surface area contributed by atoms with Crippen molar-refractivity contribution in [3.63, 3.8) is 0 Å². The molecule has 4 atom stereocenters. The van der Waals surface area contributed by atoms with E-state index in [0.29, 0.717) is 6.61 Å². The van der Waals surface area contributed by atoms with Gasteiger partial charge in [-0.1, -0.05) is 86.0 Å². The average molecular weight is 461 g/mol. The standard InChI is InChI=1S/C28H28O6/c1-3-20-7-11-22(12-8-20)6-5-17-32-34-25-19-31-27-24(18-30-28(25)27)33-26(29)16-15-23-13-9-21(4-2)10-14-23/h3-16,24-25,27-28H,1-2,17-19H2/b6-5+,16-15-/t24-,25+,27-,28-/m1/s1. The molecule has 4 rings (SSSR count). The maximum atomic E-state index is 12.3. The van der Waals surface area contributed by atoms with Crippen molar-refractivity contribution >= 4 is 30.3 Å². The van der Waals surface area contributed by atoms with Crippen LogP contribution in [0.15, 0.2) is 73.8 Å². The van der Waals surface area contributed by atoms with Gasteiger partial charge in [-0.15, -0.1) is 0 Å². The first-order chi connectivity index (χ1) is 16.7. The molecule has 0 radical (unpaired) electrons. The lowest BCUT2D eigenvalue weighted by Crippen LogP contribution is -2.34. The number of hydrogen-bond donors (Lipinski definition) is 0. The Bertz CT molecular complexity index is 1040. The third-order valence-electron chi connectivity index (χ3n) is 5.65. The first kappa shape index (κ1) is 23.9. The smallest absolute Gasteiger partial charge is 0.331 e. The second-order valence-corrected chi connectivity index (χ2v) is 7.97. The van der Waals surface area contributed by atoms with E-state index in [2.05, 4.69) is 13.2 Å². The zero-order valence-corrected chi connectivity index (χ0v) is 18.9. The number of carbonyl (C=O) groups excluding carboxylic acids is 1. The summed E-state index contributed by atoms with van der Waals surface area (Å²) in [6.45, 7) is 8.32. The Hall–Kier alpha value is -3.29. The van der Waals surface area contributed by atoms with Crippen molar-refractivity contribution in [2.45, 2.75) is 24.4 Å². The first-order valence-electron chi connectivity index (χ1n) is 11.2. The van der Waals surface area contributed by atoms with Crippen molar-refractivity contribution in [1.29, 1.82) is 0 Å². The maximum Gasteiger partial charge on any atom is 0.331 e. The Balaban J connectivity index is 1.19. The van der Waals surface area contributed by atoms with Crippen LogP contribution in [0, 0.1) is 0 Å². The molecule has 0 saturated carbocycles. The van der Waals surface area contributed by atoms with Gasteiger partial charge in [-0.25, -0.2) is 14.6 Å². The van der Waals surface area contributed by atoms with Crippen molar-refractivity contribution in [2.24, 2.45) is 0 Å². The van der Waals surface area contributed by atoms with Crippen LogP contribution in [0.1, 0.15) is 22.3 Å². The zero-order valence-electron chi connectivity index (χ0n) is 18.9. The van der Waals surface area contributed by atoms with Crippen LogP contribution < -0.4 is 0 Å². The van der Waals surface area contributed by atoms with Crippen LogP contribution in [-0.4, -0.2) is 50.2 Å². The summed E-state index contributed by atoms with van der Waals surface area (Å²) >= 11 is 0. The second kappa shape index (κ2) is 11.7. The van der Waals surface area contributed by atoms with Crippen LogP contribution in [0.5, 0.6) is 0 Å². The molecule has 0 spiro atoms. The number of esters is 1. The van der Waals surface area contributed by atoms with E-state index in [1.807, 2.05) is 60.7 Å². The molecule has 2 fully saturated rings. The number of ether oxygens (including phenoxy) is 3.